The van der Waals surface area contributed by atoms with Gasteiger partial charge in [0.15, 0.2) is 12.2 Å². The van der Waals surface area contributed by atoms with Crippen LogP contribution in [0.5, 0.6) is 0 Å². The first-order chi connectivity index (χ1) is 51.6. The second-order valence-corrected chi connectivity index (χ2v) is 36.4. The summed E-state index contributed by atoms with van der Waals surface area (Å²) in [7, 11) is -9.93. The van der Waals surface area contributed by atoms with Gasteiger partial charge < -0.3 is 33.8 Å². The molecule has 107 heavy (non-hydrogen) atoms. The summed E-state index contributed by atoms with van der Waals surface area (Å²) in [4.78, 5) is 73.3. The standard InChI is InChI=1S/C88H172O17P2/c1-78(2)64-56-48-40-33-27-21-15-11-9-10-12-18-25-31-37-45-54-62-70-87(92)104-83(74-98-85(90)68-60-52-44-36-30-24-17-14-13-16-22-28-34-41-49-57-65-79(3)4)76-102-106(94,95)100-72-82(89)73-101-107(96,97)103-77-84(75-99-86(91)69-61-53-47-39-43-51-59-67-81(7)8)105-88(93)71-63-55-46-38-32-26-20-19-23-29-35-42-50-58-66-80(5)6/h78-84,89H,9-77H2,1-8H3,(H,94,95)(H,96,97)/t82?,83-,84-/m1/s1. The minimum Gasteiger partial charge on any atom is -0.462 e. The molecule has 636 valence electrons. The van der Waals surface area contributed by atoms with Crippen molar-refractivity contribution in [3.63, 3.8) is 0 Å². The maximum absolute atomic E-state index is 13.2. The molecule has 0 aliphatic carbocycles. The van der Waals surface area contributed by atoms with Crippen LogP contribution in [0.1, 0.15) is 460 Å². The van der Waals surface area contributed by atoms with E-state index in [1.165, 1.54) is 257 Å². The predicted molar refractivity (Wildman–Crippen MR) is 441 cm³/mol. The molecule has 0 bridgehead atoms. The lowest BCUT2D eigenvalue weighted by Crippen LogP contribution is -2.30. The Balaban J connectivity index is 5.23. The first-order valence-electron chi connectivity index (χ1n) is 45.2. The van der Waals surface area contributed by atoms with Crippen LogP contribution in [-0.2, 0) is 65.4 Å². The predicted octanol–water partition coefficient (Wildman–Crippen LogP) is 26.7. The molecule has 0 spiro atoms. The van der Waals surface area contributed by atoms with Crippen LogP contribution in [0.15, 0.2) is 0 Å². The van der Waals surface area contributed by atoms with Gasteiger partial charge in [-0.3, -0.25) is 37.3 Å². The monoisotopic (exact) mass is 1560 g/mol. The Kier molecular flexibility index (Phi) is 75.3. The molecule has 0 saturated carbocycles. The number of hydrogen-bond donors (Lipinski definition) is 3. The zero-order valence-electron chi connectivity index (χ0n) is 70.8. The molecule has 3 unspecified atom stereocenters. The number of esters is 4. The summed E-state index contributed by atoms with van der Waals surface area (Å²) in [6.07, 6.45) is 66.8. The summed E-state index contributed by atoms with van der Waals surface area (Å²) in [5.74, 6) is 1.03. The molecule has 0 aromatic carbocycles. The normalized spacial score (nSPS) is 13.9. The van der Waals surface area contributed by atoms with Gasteiger partial charge in [0.2, 0.25) is 0 Å². The molecule has 0 aliphatic heterocycles. The Morgan fingerprint density at radius 1 is 0.234 bits per heavy atom. The van der Waals surface area contributed by atoms with Crippen molar-refractivity contribution < 1.29 is 80.2 Å². The second kappa shape index (κ2) is 76.7. The van der Waals surface area contributed by atoms with Crippen LogP contribution >= 0.6 is 15.6 Å². The van der Waals surface area contributed by atoms with Gasteiger partial charge in [-0.2, -0.15) is 0 Å². The van der Waals surface area contributed by atoms with Crippen molar-refractivity contribution in [3.05, 3.63) is 0 Å². The van der Waals surface area contributed by atoms with E-state index in [1.807, 2.05) is 0 Å². The fourth-order valence-corrected chi connectivity index (χ4v) is 15.3. The summed E-state index contributed by atoms with van der Waals surface area (Å²) in [5.41, 5.74) is 0. The molecule has 0 heterocycles. The van der Waals surface area contributed by atoms with E-state index in [4.69, 9.17) is 37.0 Å². The lowest BCUT2D eigenvalue weighted by molar-refractivity contribution is -0.161. The van der Waals surface area contributed by atoms with E-state index in [-0.39, 0.29) is 25.7 Å². The van der Waals surface area contributed by atoms with E-state index >= 15 is 0 Å². The first-order valence-corrected chi connectivity index (χ1v) is 48.2. The maximum Gasteiger partial charge on any atom is 0.472 e. The third kappa shape index (κ3) is 81.9. The van der Waals surface area contributed by atoms with Gasteiger partial charge >= 0.3 is 39.5 Å². The Morgan fingerprint density at radius 3 is 0.579 bits per heavy atom. The van der Waals surface area contributed by atoms with E-state index < -0.39 is 97.5 Å². The molecule has 0 fully saturated rings. The van der Waals surface area contributed by atoms with Gasteiger partial charge in [-0.15, -0.1) is 0 Å². The second-order valence-electron chi connectivity index (χ2n) is 33.5. The lowest BCUT2D eigenvalue weighted by atomic mass is 10.0. The van der Waals surface area contributed by atoms with Crippen LogP contribution in [0, 0.1) is 23.7 Å². The summed E-state index contributed by atoms with van der Waals surface area (Å²) >= 11 is 0. The molecular formula is C88H172O17P2. The number of aliphatic hydroxyl groups is 1. The average Bonchev–Trinajstić information content (AvgIpc) is 0.920. The zero-order chi connectivity index (χ0) is 78.8. The van der Waals surface area contributed by atoms with Gasteiger partial charge in [0, 0.05) is 25.7 Å². The van der Waals surface area contributed by atoms with Crippen LogP contribution in [0.4, 0.5) is 0 Å². The lowest BCUT2D eigenvalue weighted by Gasteiger charge is -2.21. The quantitative estimate of drug-likeness (QED) is 0.0222. The van der Waals surface area contributed by atoms with Crippen LogP contribution in [0.3, 0.4) is 0 Å². The van der Waals surface area contributed by atoms with Crippen molar-refractivity contribution in [1.29, 1.82) is 0 Å². The Bertz CT molecular complexity index is 2080. The van der Waals surface area contributed by atoms with Crippen molar-refractivity contribution in [2.75, 3.05) is 39.6 Å². The number of aliphatic hydroxyl groups excluding tert-OH is 1. The summed E-state index contributed by atoms with van der Waals surface area (Å²) in [6.45, 7) is 14.3. The summed E-state index contributed by atoms with van der Waals surface area (Å²) in [6, 6.07) is 0. The van der Waals surface area contributed by atoms with Gasteiger partial charge in [-0.05, 0) is 49.4 Å². The van der Waals surface area contributed by atoms with Gasteiger partial charge in [-0.1, -0.05) is 409 Å². The van der Waals surface area contributed by atoms with Crippen molar-refractivity contribution in [3.8, 4) is 0 Å². The Hall–Kier alpha value is -1.94. The van der Waals surface area contributed by atoms with Crippen molar-refractivity contribution >= 4 is 39.5 Å². The molecule has 0 saturated heterocycles. The number of carbonyl (C=O) groups is 4. The van der Waals surface area contributed by atoms with Crippen molar-refractivity contribution in [2.45, 2.75) is 478 Å². The highest BCUT2D eigenvalue weighted by molar-refractivity contribution is 7.47. The Morgan fingerprint density at radius 2 is 0.393 bits per heavy atom. The van der Waals surface area contributed by atoms with Gasteiger partial charge in [-0.25, -0.2) is 9.13 Å². The number of carbonyl (C=O) groups excluding carboxylic acids is 4. The SMILES string of the molecule is CC(C)CCCCCCCCCCCCCCCCCCCCC(=O)O[C@H](COC(=O)CCCCCCCCCCCCCCCCCCC(C)C)COP(=O)(O)OCC(O)COP(=O)(O)OC[C@@H](COC(=O)CCCCCCCCCC(C)C)OC(=O)CCCCCCCCCCCCCCCCC(C)C. The van der Waals surface area contributed by atoms with Gasteiger partial charge in [0.1, 0.15) is 19.3 Å². The van der Waals surface area contributed by atoms with E-state index in [9.17, 15) is 43.2 Å². The van der Waals surface area contributed by atoms with Crippen LogP contribution < -0.4 is 0 Å². The third-order valence-electron chi connectivity index (χ3n) is 20.6. The molecule has 0 aromatic heterocycles. The molecule has 19 heteroatoms. The first kappa shape index (κ1) is 105. The van der Waals surface area contributed by atoms with Crippen LogP contribution in [0.2, 0.25) is 0 Å². The van der Waals surface area contributed by atoms with E-state index in [0.717, 1.165) is 114 Å². The number of phosphoric ester groups is 2. The van der Waals surface area contributed by atoms with Crippen molar-refractivity contribution in [2.24, 2.45) is 23.7 Å². The largest absolute Gasteiger partial charge is 0.472 e. The minimum absolute atomic E-state index is 0.107. The molecular weight excluding hydrogens is 1390 g/mol. The van der Waals surface area contributed by atoms with E-state index in [1.54, 1.807) is 0 Å². The molecule has 0 rings (SSSR count). The maximum atomic E-state index is 13.2. The number of unbranched alkanes of at least 4 members (excludes halogenated alkanes) is 51. The topological polar surface area (TPSA) is 237 Å². The fraction of sp³-hybridized carbons (Fsp3) is 0.955. The van der Waals surface area contributed by atoms with Crippen molar-refractivity contribution in [1.82, 2.24) is 0 Å². The fourth-order valence-electron chi connectivity index (χ4n) is 13.7. The number of phosphoric acid groups is 2. The number of hydrogen-bond acceptors (Lipinski definition) is 15. The highest BCUT2D eigenvalue weighted by Gasteiger charge is 2.31. The van der Waals surface area contributed by atoms with Gasteiger partial charge in [0.05, 0.1) is 26.4 Å². The van der Waals surface area contributed by atoms with E-state index in [0.29, 0.717) is 31.6 Å². The Labute approximate surface area is 658 Å². The minimum atomic E-state index is -4.97. The highest BCUT2D eigenvalue weighted by Crippen LogP contribution is 2.45. The molecule has 0 aromatic rings. The molecule has 0 amide bonds. The number of ether oxygens (including phenoxy) is 4. The molecule has 3 N–H and O–H groups in total. The van der Waals surface area contributed by atoms with Crippen LogP contribution in [0.25, 0.3) is 0 Å². The van der Waals surface area contributed by atoms with Crippen LogP contribution in [-0.4, -0.2) is 96.7 Å². The molecule has 0 aliphatic rings. The summed E-state index contributed by atoms with van der Waals surface area (Å²) < 4.78 is 68.9. The third-order valence-corrected chi connectivity index (χ3v) is 22.5. The smallest absolute Gasteiger partial charge is 0.462 e. The zero-order valence-corrected chi connectivity index (χ0v) is 72.6. The average molecular weight is 1560 g/mol. The number of rotatable bonds is 85. The molecule has 17 nitrogen and oxygen atoms in total. The highest BCUT2D eigenvalue weighted by atomic mass is 31.2. The molecule has 0 radical (unpaired) electrons. The van der Waals surface area contributed by atoms with Gasteiger partial charge in [0.25, 0.3) is 0 Å². The summed E-state index contributed by atoms with van der Waals surface area (Å²) in [5, 5.41) is 10.7. The van der Waals surface area contributed by atoms with E-state index in [2.05, 4.69) is 55.4 Å². The molecule has 5 atom stereocenters.